The Bertz CT molecular complexity index is 667. The van der Waals surface area contributed by atoms with Crippen molar-refractivity contribution < 1.29 is 18.1 Å². The molecule has 0 unspecified atom stereocenters. The molecule has 0 bridgehead atoms. The van der Waals surface area contributed by atoms with Gasteiger partial charge in [-0.05, 0) is 19.1 Å². The fourth-order valence-corrected chi connectivity index (χ4v) is 1.72. The van der Waals surface area contributed by atoms with Crippen LogP contribution in [-0.4, -0.2) is 14.7 Å². The van der Waals surface area contributed by atoms with Crippen molar-refractivity contribution >= 4 is 17.1 Å². The number of anilines is 2. The molecular weight excluding hydrogens is 289 g/mol. The molecule has 0 amide bonds. The number of hydrogen-bond acceptors (Lipinski definition) is 4. The first kappa shape index (κ1) is 14.8. The lowest BCUT2D eigenvalue weighted by Crippen LogP contribution is -2.06. The Morgan fingerprint density at radius 2 is 2.14 bits per heavy atom. The first-order valence-corrected chi connectivity index (χ1v) is 5.96. The molecular formula is C12H11F3N4O2. The Hall–Kier alpha value is -2.58. The fourth-order valence-electron chi connectivity index (χ4n) is 1.72. The van der Waals surface area contributed by atoms with E-state index in [-0.39, 0.29) is 5.69 Å². The minimum atomic E-state index is -4.63. The summed E-state index contributed by atoms with van der Waals surface area (Å²) < 4.78 is 39.3. The second-order valence-electron chi connectivity index (χ2n) is 4.20. The Balaban J connectivity index is 2.36. The second kappa shape index (κ2) is 5.43. The van der Waals surface area contributed by atoms with Crippen LogP contribution in [0.4, 0.5) is 30.2 Å². The average molecular weight is 300 g/mol. The predicted octanol–water partition coefficient (Wildman–Crippen LogP) is 3.57. The highest BCUT2D eigenvalue weighted by Crippen LogP contribution is 2.35. The van der Waals surface area contributed by atoms with Gasteiger partial charge in [0.2, 0.25) is 0 Å². The number of nitro benzene ring substituents is 1. The van der Waals surface area contributed by atoms with E-state index < -0.39 is 22.4 Å². The van der Waals surface area contributed by atoms with E-state index in [0.29, 0.717) is 18.3 Å². The van der Waals surface area contributed by atoms with Crippen LogP contribution in [0.15, 0.2) is 30.6 Å². The number of alkyl halides is 3. The van der Waals surface area contributed by atoms with E-state index in [0.717, 1.165) is 12.1 Å². The van der Waals surface area contributed by atoms with Crippen molar-refractivity contribution in [3.05, 3.63) is 46.3 Å². The number of aryl methyl sites for hydroxylation is 1. The first-order valence-electron chi connectivity index (χ1n) is 5.96. The van der Waals surface area contributed by atoms with Gasteiger partial charge in [0.15, 0.2) is 0 Å². The van der Waals surface area contributed by atoms with E-state index in [1.165, 1.54) is 6.20 Å². The van der Waals surface area contributed by atoms with Gasteiger partial charge in [-0.2, -0.15) is 18.3 Å². The second-order valence-corrected chi connectivity index (χ2v) is 4.20. The maximum absolute atomic E-state index is 12.6. The molecule has 1 aromatic heterocycles. The third kappa shape index (κ3) is 3.30. The Labute approximate surface area is 117 Å². The summed E-state index contributed by atoms with van der Waals surface area (Å²) in [7, 11) is 0. The molecule has 2 rings (SSSR count). The van der Waals surface area contributed by atoms with Crippen molar-refractivity contribution in [2.75, 3.05) is 5.32 Å². The standard InChI is InChI=1S/C12H11F3N4O2/c1-2-18-7-9(6-16-18)17-10-4-3-8(12(13,14)15)5-11(10)19(20)21/h3-7,17H,2H2,1H3. The van der Waals surface area contributed by atoms with E-state index >= 15 is 0 Å². The molecule has 1 N–H and O–H groups in total. The predicted molar refractivity (Wildman–Crippen MR) is 69.3 cm³/mol. The van der Waals surface area contributed by atoms with Crippen LogP contribution in [0.3, 0.4) is 0 Å². The molecule has 1 heterocycles. The lowest BCUT2D eigenvalue weighted by molar-refractivity contribution is -0.384. The quantitative estimate of drug-likeness (QED) is 0.692. The van der Waals surface area contributed by atoms with Crippen LogP contribution in [0.2, 0.25) is 0 Å². The SMILES string of the molecule is CCn1cc(Nc2ccc(C(F)(F)F)cc2[N+](=O)[O-])cn1. The average Bonchev–Trinajstić information content (AvgIpc) is 2.85. The van der Waals surface area contributed by atoms with Crippen molar-refractivity contribution in [2.24, 2.45) is 0 Å². The molecule has 0 saturated heterocycles. The zero-order chi connectivity index (χ0) is 15.6. The summed E-state index contributed by atoms with van der Waals surface area (Å²) in [5.41, 5.74) is -1.28. The number of nitrogens with zero attached hydrogens (tertiary/aromatic N) is 3. The van der Waals surface area contributed by atoms with E-state index in [9.17, 15) is 23.3 Å². The fraction of sp³-hybridized carbons (Fsp3) is 0.250. The van der Waals surface area contributed by atoms with Gasteiger partial charge >= 0.3 is 6.18 Å². The number of hydrogen-bond donors (Lipinski definition) is 1. The van der Waals surface area contributed by atoms with Gasteiger partial charge in [0.1, 0.15) is 5.69 Å². The summed E-state index contributed by atoms with van der Waals surface area (Å²) >= 11 is 0. The van der Waals surface area contributed by atoms with Crippen molar-refractivity contribution in [3.8, 4) is 0 Å². The third-order valence-corrected chi connectivity index (χ3v) is 2.76. The van der Waals surface area contributed by atoms with Crippen LogP contribution in [0.5, 0.6) is 0 Å². The molecule has 112 valence electrons. The van der Waals surface area contributed by atoms with Gasteiger partial charge in [-0.15, -0.1) is 0 Å². The molecule has 0 aliphatic carbocycles. The molecule has 6 nitrogen and oxygen atoms in total. The van der Waals surface area contributed by atoms with Crippen LogP contribution in [-0.2, 0) is 12.7 Å². The molecule has 0 aliphatic heterocycles. The topological polar surface area (TPSA) is 73.0 Å². The Kier molecular flexibility index (Phi) is 3.83. The largest absolute Gasteiger partial charge is 0.416 e. The molecule has 0 atom stereocenters. The van der Waals surface area contributed by atoms with Crippen LogP contribution in [0.25, 0.3) is 0 Å². The number of rotatable bonds is 4. The Morgan fingerprint density at radius 3 is 2.67 bits per heavy atom. The maximum Gasteiger partial charge on any atom is 0.416 e. The monoisotopic (exact) mass is 300 g/mol. The van der Waals surface area contributed by atoms with E-state index in [4.69, 9.17) is 0 Å². The van der Waals surface area contributed by atoms with E-state index in [1.807, 2.05) is 6.92 Å². The molecule has 0 fully saturated rings. The highest BCUT2D eigenvalue weighted by atomic mass is 19.4. The van der Waals surface area contributed by atoms with Crippen LogP contribution in [0.1, 0.15) is 12.5 Å². The molecule has 21 heavy (non-hydrogen) atoms. The summed E-state index contributed by atoms with van der Waals surface area (Å²) in [6.07, 6.45) is -1.59. The number of benzene rings is 1. The van der Waals surface area contributed by atoms with Gasteiger partial charge in [0, 0.05) is 18.8 Å². The van der Waals surface area contributed by atoms with Crippen molar-refractivity contribution in [1.82, 2.24) is 9.78 Å². The summed E-state index contributed by atoms with van der Waals surface area (Å²) in [5.74, 6) is 0. The molecule has 2 aromatic rings. The smallest absolute Gasteiger partial charge is 0.347 e. The Morgan fingerprint density at radius 1 is 1.43 bits per heavy atom. The number of halogens is 3. The summed E-state index contributed by atoms with van der Waals surface area (Å²) in [4.78, 5) is 10.1. The van der Waals surface area contributed by atoms with Crippen molar-refractivity contribution in [3.63, 3.8) is 0 Å². The van der Waals surface area contributed by atoms with Gasteiger partial charge in [-0.25, -0.2) is 0 Å². The van der Waals surface area contributed by atoms with Crippen LogP contribution in [0, 0.1) is 10.1 Å². The van der Waals surface area contributed by atoms with E-state index in [2.05, 4.69) is 10.4 Å². The number of nitro groups is 1. The number of nitrogens with one attached hydrogen (secondary N) is 1. The highest BCUT2D eigenvalue weighted by molar-refractivity contribution is 5.69. The first-order chi connectivity index (χ1) is 9.81. The van der Waals surface area contributed by atoms with Gasteiger partial charge in [0.25, 0.3) is 5.69 Å². The van der Waals surface area contributed by atoms with Gasteiger partial charge in [0.05, 0.1) is 22.4 Å². The minimum Gasteiger partial charge on any atom is -0.347 e. The summed E-state index contributed by atoms with van der Waals surface area (Å²) in [6, 6.07) is 2.33. The zero-order valence-corrected chi connectivity index (χ0v) is 10.9. The van der Waals surface area contributed by atoms with Gasteiger partial charge in [-0.1, -0.05) is 0 Å². The zero-order valence-electron chi connectivity index (χ0n) is 10.9. The van der Waals surface area contributed by atoms with Crippen LogP contribution < -0.4 is 5.32 Å². The van der Waals surface area contributed by atoms with Gasteiger partial charge < -0.3 is 5.32 Å². The highest BCUT2D eigenvalue weighted by Gasteiger charge is 2.33. The molecule has 0 radical (unpaired) electrons. The third-order valence-electron chi connectivity index (χ3n) is 2.76. The summed E-state index contributed by atoms with van der Waals surface area (Å²) in [6.45, 7) is 2.47. The molecule has 1 aromatic carbocycles. The summed E-state index contributed by atoms with van der Waals surface area (Å²) in [5, 5.41) is 17.6. The normalized spacial score (nSPS) is 11.4. The maximum atomic E-state index is 12.6. The van der Waals surface area contributed by atoms with E-state index in [1.54, 1.807) is 10.9 Å². The number of aromatic nitrogens is 2. The lowest BCUT2D eigenvalue weighted by atomic mass is 10.1. The lowest BCUT2D eigenvalue weighted by Gasteiger charge is -2.09. The van der Waals surface area contributed by atoms with Crippen molar-refractivity contribution in [1.29, 1.82) is 0 Å². The van der Waals surface area contributed by atoms with Gasteiger partial charge in [-0.3, -0.25) is 14.8 Å². The molecule has 0 aliphatic rings. The minimum absolute atomic E-state index is 0.0244. The molecule has 0 spiro atoms. The molecule has 0 saturated carbocycles. The molecule has 9 heteroatoms. The van der Waals surface area contributed by atoms with Crippen molar-refractivity contribution in [2.45, 2.75) is 19.6 Å². The van der Waals surface area contributed by atoms with Crippen LogP contribution >= 0.6 is 0 Å².